The lowest BCUT2D eigenvalue weighted by atomic mass is 10.0. The second kappa shape index (κ2) is 6.05. The van der Waals surface area contributed by atoms with Crippen LogP contribution in [0.1, 0.15) is 45.4 Å². The van der Waals surface area contributed by atoms with Crippen molar-refractivity contribution < 1.29 is 4.79 Å². The summed E-state index contributed by atoms with van der Waals surface area (Å²) >= 11 is 5.00. The van der Waals surface area contributed by atoms with Crippen LogP contribution in [0.5, 0.6) is 0 Å². The molecule has 2 unspecified atom stereocenters. The highest BCUT2D eigenvalue weighted by Gasteiger charge is 2.30. The second-order valence-corrected chi connectivity index (χ2v) is 4.69. The summed E-state index contributed by atoms with van der Waals surface area (Å²) in [6.07, 6.45) is 5.78. The van der Waals surface area contributed by atoms with Crippen LogP contribution in [0.25, 0.3) is 0 Å². The molecule has 1 saturated carbocycles. The van der Waals surface area contributed by atoms with E-state index < -0.39 is 0 Å². The molecule has 4 heteroatoms. The minimum atomic E-state index is 0.144. The molecule has 0 aromatic rings. The number of amides is 1. The molecule has 86 valence electrons. The average Bonchev–Trinajstić information content (AvgIpc) is 2.62. The first kappa shape index (κ1) is 12.4. The zero-order valence-electron chi connectivity index (χ0n) is 9.29. The fraction of sp³-hybridized carbons (Fsp3) is 0.818. The molecule has 0 radical (unpaired) electrons. The van der Waals surface area contributed by atoms with Gasteiger partial charge in [-0.1, -0.05) is 32.0 Å². The number of nitrogens with two attached hydrogens (primary N) is 1. The van der Waals surface area contributed by atoms with Gasteiger partial charge < -0.3 is 11.1 Å². The molecule has 1 aliphatic carbocycles. The Balaban J connectivity index is 2.36. The maximum atomic E-state index is 11.5. The lowest BCUT2D eigenvalue weighted by Gasteiger charge is -2.19. The minimum Gasteiger partial charge on any atom is -0.393 e. The molecule has 3 N–H and O–H groups in total. The van der Waals surface area contributed by atoms with Crippen molar-refractivity contribution in [3.05, 3.63) is 0 Å². The Morgan fingerprint density at radius 1 is 1.53 bits per heavy atom. The molecule has 1 aliphatic rings. The van der Waals surface area contributed by atoms with Crippen molar-refractivity contribution in [1.29, 1.82) is 0 Å². The van der Waals surface area contributed by atoms with E-state index in [2.05, 4.69) is 12.2 Å². The summed E-state index contributed by atoms with van der Waals surface area (Å²) in [5.41, 5.74) is 5.64. The molecule has 0 aliphatic heterocycles. The fourth-order valence-corrected chi connectivity index (χ4v) is 2.37. The van der Waals surface area contributed by atoms with Crippen LogP contribution in [0, 0.1) is 5.92 Å². The molecule has 0 bridgehead atoms. The van der Waals surface area contributed by atoms with Crippen molar-refractivity contribution in [3.8, 4) is 0 Å². The Kier molecular flexibility index (Phi) is 5.02. The molecule has 1 amide bonds. The Morgan fingerprint density at radius 2 is 2.27 bits per heavy atom. The summed E-state index contributed by atoms with van der Waals surface area (Å²) < 4.78 is 0. The smallest absolute Gasteiger partial charge is 0.220 e. The van der Waals surface area contributed by atoms with Crippen molar-refractivity contribution in [2.45, 2.75) is 51.5 Å². The molecule has 2 atom stereocenters. The predicted octanol–water partition coefficient (Wildman–Crippen LogP) is 1.75. The lowest BCUT2D eigenvalue weighted by molar-refractivity contribution is -0.122. The van der Waals surface area contributed by atoms with Crippen LogP contribution in [0.3, 0.4) is 0 Å². The van der Waals surface area contributed by atoms with Crippen molar-refractivity contribution in [3.63, 3.8) is 0 Å². The Morgan fingerprint density at radius 3 is 2.87 bits per heavy atom. The van der Waals surface area contributed by atoms with Gasteiger partial charge in [0.15, 0.2) is 0 Å². The normalized spacial score (nSPS) is 25.1. The second-order valence-electron chi connectivity index (χ2n) is 4.22. The van der Waals surface area contributed by atoms with Gasteiger partial charge in [-0.25, -0.2) is 0 Å². The van der Waals surface area contributed by atoms with Crippen LogP contribution >= 0.6 is 12.2 Å². The van der Waals surface area contributed by atoms with Gasteiger partial charge in [0, 0.05) is 18.4 Å². The first-order valence-corrected chi connectivity index (χ1v) is 6.14. The Bertz CT molecular complexity index is 243. The van der Waals surface area contributed by atoms with Gasteiger partial charge in [-0.05, 0) is 19.3 Å². The number of thiocarbonyl (C=S) groups is 1. The molecule has 0 aromatic carbocycles. The van der Waals surface area contributed by atoms with Crippen LogP contribution < -0.4 is 11.1 Å². The van der Waals surface area contributed by atoms with Gasteiger partial charge in [-0.15, -0.1) is 0 Å². The number of hydrogen-bond donors (Lipinski definition) is 2. The van der Waals surface area contributed by atoms with Gasteiger partial charge in [0.2, 0.25) is 5.91 Å². The summed E-state index contributed by atoms with van der Waals surface area (Å²) in [5, 5.41) is 3.04. The molecule has 1 rings (SSSR count). The van der Waals surface area contributed by atoms with Gasteiger partial charge in [-0.3, -0.25) is 4.79 Å². The first-order valence-electron chi connectivity index (χ1n) is 5.73. The monoisotopic (exact) mass is 228 g/mol. The van der Waals surface area contributed by atoms with E-state index in [1.807, 2.05) is 0 Å². The van der Waals surface area contributed by atoms with Crippen LogP contribution in [0.4, 0.5) is 0 Å². The summed E-state index contributed by atoms with van der Waals surface area (Å²) in [6.45, 7) is 2.08. The van der Waals surface area contributed by atoms with Gasteiger partial charge in [0.25, 0.3) is 0 Å². The predicted molar refractivity (Wildman–Crippen MR) is 65.6 cm³/mol. The van der Waals surface area contributed by atoms with Crippen molar-refractivity contribution in [1.82, 2.24) is 5.32 Å². The average molecular weight is 228 g/mol. The zero-order chi connectivity index (χ0) is 11.3. The summed E-state index contributed by atoms with van der Waals surface area (Å²) in [4.78, 5) is 12.1. The molecule has 0 heterocycles. The first-order chi connectivity index (χ1) is 7.15. The van der Waals surface area contributed by atoms with Gasteiger partial charge in [-0.2, -0.15) is 0 Å². The van der Waals surface area contributed by atoms with Crippen LogP contribution in [-0.4, -0.2) is 16.9 Å². The third kappa shape index (κ3) is 3.78. The number of carbonyl (C=O) groups is 1. The van der Waals surface area contributed by atoms with Crippen LogP contribution in [0.15, 0.2) is 0 Å². The van der Waals surface area contributed by atoms with Gasteiger partial charge >= 0.3 is 0 Å². The summed E-state index contributed by atoms with van der Waals surface area (Å²) in [5.74, 6) is 0.357. The maximum Gasteiger partial charge on any atom is 0.220 e. The number of hydrogen-bond acceptors (Lipinski definition) is 2. The summed E-state index contributed by atoms with van der Waals surface area (Å²) in [6, 6.07) is 0.187. The topological polar surface area (TPSA) is 55.1 Å². The van der Waals surface area contributed by atoms with Crippen LogP contribution in [0.2, 0.25) is 0 Å². The van der Waals surface area contributed by atoms with E-state index in [9.17, 15) is 4.79 Å². The zero-order valence-corrected chi connectivity index (χ0v) is 10.1. The third-order valence-electron chi connectivity index (χ3n) is 2.99. The summed E-state index contributed by atoms with van der Waals surface area (Å²) in [7, 11) is 0. The van der Waals surface area contributed by atoms with E-state index in [4.69, 9.17) is 18.0 Å². The van der Waals surface area contributed by atoms with Gasteiger partial charge in [0.05, 0.1) is 4.99 Å². The number of rotatable bonds is 5. The SMILES string of the molecule is CCCCC(=O)NC1CCCC1C(N)=S. The lowest BCUT2D eigenvalue weighted by Crippen LogP contribution is -2.41. The molecule has 1 fully saturated rings. The molecule has 15 heavy (non-hydrogen) atoms. The quantitative estimate of drug-likeness (QED) is 0.705. The highest BCUT2D eigenvalue weighted by atomic mass is 32.1. The van der Waals surface area contributed by atoms with Gasteiger partial charge in [0.1, 0.15) is 0 Å². The minimum absolute atomic E-state index is 0.144. The molecular weight excluding hydrogens is 208 g/mol. The molecule has 0 spiro atoms. The largest absolute Gasteiger partial charge is 0.393 e. The standard InChI is InChI=1S/C11H20N2OS/c1-2-3-7-10(14)13-9-6-4-5-8(9)11(12)15/h8-9H,2-7H2,1H3,(H2,12,15)(H,13,14). The molecule has 3 nitrogen and oxygen atoms in total. The molecule has 0 saturated heterocycles. The van der Waals surface area contributed by atoms with E-state index in [-0.39, 0.29) is 17.9 Å². The molecule has 0 aromatic heterocycles. The van der Waals surface area contributed by atoms with E-state index in [0.29, 0.717) is 11.4 Å². The fourth-order valence-electron chi connectivity index (χ4n) is 2.09. The highest BCUT2D eigenvalue weighted by molar-refractivity contribution is 7.80. The Labute approximate surface area is 96.8 Å². The highest BCUT2D eigenvalue weighted by Crippen LogP contribution is 2.25. The molecular formula is C11H20N2OS. The van der Waals surface area contributed by atoms with E-state index in [1.165, 1.54) is 0 Å². The third-order valence-corrected chi connectivity index (χ3v) is 3.29. The van der Waals surface area contributed by atoms with Crippen LogP contribution in [-0.2, 0) is 4.79 Å². The number of carbonyl (C=O) groups excluding carboxylic acids is 1. The maximum absolute atomic E-state index is 11.5. The van der Waals surface area contributed by atoms with E-state index in [0.717, 1.165) is 32.1 Å². The van der Waals surface area contributed by atoms with Crippen molar-refractivity contribution in [2.75, 3.05) is 0 Å². The van der Waals surface area contributed by atoms with Crippen molar-refractivity contribution in [2.24, 2.45) is 11.7 Å². The Hall–Kier alpha value is -0.640. The van der Waals surface area contributed by atoms with E-state index in [1.54, 1.807) is 0 Å². The van der Waals surface area contributed by atoms with E-state index >= 15 is 0 Å². The number of nitrogens with one attached hydrogen (secondary N) is 1. The number of unbranched alkanes of at least 4 members (excludes halogenated alkanes) is 1. The van der Waals surface area contributed by atoms with Crippen molar-refractivity contribution >= 4 is 23.1 Å².